The minimum Gasteiger partial charge on any atom is -0.481 e. The Balaban J connectivity index is 2.34. The smallest absolute Gasteiger partial charge is 0.274 e. The molecule has 7 heteroatoms. The Morgan fingerprint density at radius 3 is 2.54 bits per heavy atom. The largest absolute Gasteiger partial charge is 0.481 e. The maximum Gasteiger partial charge on any atom is 0.274 e. The van der Waals surface area contributed by atoms with Gasteiger partial charge >= 0.3 is 0 Å². The first-order chi connectivity index (χ1) is 13.3. The number of likely N-dealkylation sites (N-methyl/N-ethyl adjacent to an activating group) is 1. The van der Waals surface area contributed by atoms with Gasteiger partial charge in [0.15, 0.2) is 5.82 Å². The molecule has 0 unspecified atom stereocenters. The number of rotatable bonds is 7. The van der Waals surface area contributed by atoms with Gasteiger partial charge in [-0.05, 0) is 32.7 Å². The summed E-state index contributed by atoms with van der Waals surface area (Å²) in [4.78, 5) is 18.5. The number of methoxy groups -OCH3 is 1. The number of hydrogen-bond donors (Lipinski definition) is 1. The van der Waals surface area contributed by atoms with E-state index in [2.05, 4.69) is 33.8 Å². The highest BCUT2D eigenvalue weighted by Gasteiger charge is 2.23. The van der Waals surface area contributed by atoms with Crippen molar-refractivity contribution in [3.8, 4) is 0 Å². The van der Waals surface area contributed by atoms with Crippen molar-refractivity contribution in [2.45, 2.75) is 19.0 Å². The molecule has 2 aromatic rings. The lowest BCUT2D eigenvalue weighted by atomic mass is 10.00. The standard InChI is InChI=1S/C21H29N5O2/c1-14(12-13-18(22-3)28-7)19(25(4)5)15(2)23-20-16-10-8-9-11-17(16)21(27)26(6)24-20/h8-13,15,19H,1H2,2-7H3,(H,23,24)/b13-12-,22-18?/t15-,19-/m0/s1. The average Bonchev–Trinajstić information content (AvgIpc) is 2.66. The molecule has 0 spiro atoms. The molecule has 2 rings (SSSR count). The first-order valence-electron chi connectivity index (χ1n) is 9.06. The van der Waals surface area contributed by atoms with E-state index in [1.165, 1.54) is 4.68 Å². The van der Waals surface area contributed by atoms with Crippen LogP contribution in [-0.2, 0) is 11.8 Å². The van der Waals surface area contributed by atoms with Crippen LogP contribution in [0, 0.1) is 0 Å². The maximum atomic E-state index is 12.3. The first kappa shape index (κ1) is 21.4. The summed E-state index contributed by atoms with van der Waals surface area (Å²) in [7, 11) is 8.92. The second-order valence-electron chi connectivity index (χ2n) is 6.84. The third-order valence-corrected chi connectivity index (χ3v) is 4.60. The molecule has 0 saturated carbocycles. The molecule has 0 amide bonds. The van der Waals surface area contributed by atoms with Crippen molar-refractivity contribution >= 4 is 22.5 Å². The number of aryl methyl sites for hydroxylation is 1. The Morgan fingerprint density at radius 2 is 1.96 bits per heavy atom. The maximum absolute atomic E-state index is 12.3. The van der Waals surface area contributed by atoms with Crippen LogP contribution >= 0.6 is 0 Å². The Hall–Kier alpha value is -2.93. The second kappa shape index (κ2) is 9.32. The van der Waals surface area contributed by atoms with Crippen LogP contribution in [0.1, 0.15) is 6.92 Å². The Bertz CT molecular complexity index is 959. The molecule has 1 aromatic carbocycles. The Kier molecular flexibility index (Phi) is 7.12. The lowest BCUT2D eigenvalue weighted by Gasteiger charge is -2.32. The van der Waals surface area contributed by atoms with Crippen LogP contribution in [0.3, 0.4) is 0 Å². The molecule has 0 aliphatic rings. The highest BCUT2D eigenvalue weighted by atomic mass is 16.5. The van der Waals surface area contributed by atoms with Crippen LogP contribution in [0.25, 0.3) is 10.8 Å². The molecule has 0 radical (unpaired) electrons. The number of fused-ring (bicyclic) bond motifs is 1. The van der Waals surface area contributed by atoms with E-state index >= 15 is 0 Å². The van der Waals surface area contributed by atoms with Crippen LogP contribution < -0.4 is 10.9 Å². The summed E-state index contributed by atoms with van der Waals surface area (Å²) in [6.07, 6.45) is 3.70. The fourth-order valence-corrected chi connectivity index (χ4v) is 3.31. The van der Waals surface area contributed by atoms with E-state index in [1.807, 2.05) is 44.4 Å². The van der Waals surface area contributed by atoms with Crippen LogP contribution in [0.15, 0.2) is 58.4 Å². The van der Waals surface area contributed by atoms with E-state index in [9.17, 15) is 4.79 Å². The molecule has 0 saturated heterocycles. The van der Waals surface area contributed by atoms with Crippen molar-refractivity contribution in [2.75, 3.05) is 33.6 Å². The van der Waals surface area contributed by atoms with Crippen LogP contribution in [0.2, 0.25) is 0 Å². The van der Waals surface area contributed by atoms with Crippen molar-refractivity contribution in [1.82, 2.24) is 14.7 Å². The number of aromatic nitrogens is 2. The van der Waals surface area contributed by atoms with Crippen molar-refractivity contribution in [1.29, 1.82) is 0 Å². The van der Waals surface area contributed by atoms with Gasteiger partial charge < -0.3 is 15.0 Å². The number of nitrogens with one attached hydrogen (secondary N) is 1. The molecule has 0 bridgehead atoms. The van der Waals surface area contributed by atoms with Gasteiger partial charge in [0.2, 0.25) is 5.90 Å². The molecule has 0 aliphatic heterocycles. The Morgan fingerprint density at radius 1 is 1.32 bits per heavy atom. The lowest BCUT2D eigenvalue weighted by molar-refractivity contribution is 0.310. The zero-order valence-electron chi connectivity index (χ0n) is 17.4. The van der Waals surface area contributed by atoms with Gasteiger partial charge in [0, 0.05) is 31.6 Å². The third kappa shape index (κ3) is 4.67. The van der Waals surface area contributed by atoms with E-state index < -0.39 is 0 Å². The van der Waals surface area contributed by atoms with Crippen LogP contribution in [-0.4, -0.2) is 60.9 Å². The average molecular weight is 383 g/mol. The lowest BCUT2D eigenvalue weighted by Crippen LogP contribution is -2.43. The van der Waals surface area contributed by atoms with Gasteiger partial charge in [0.1, 0.15) is 0 Å². The fourth-order valence-electron chi connectivity index (χ4n) is 3.31. The molecular weight excluding hydrogens is 354 g/mol. The summed E-state index contributed by atoms with van der Waals surface area (Å²) in [5, 5.41) is 9.33. The van der Waals surface area contributed by atoms with E-state index in [0.29, 0.717) is 17.1 Å². The monoisotopic (exact) mass is 383 g/mol. The van der Waals surface area contributed by atoms with Crippen molar-refractivity contribution in [3.63, 3.8) is 0 Å². The molecule has 1 aromatic heterocycles. The number of anilines is 1. The molecule has 2 atom stereocenters. The van der Waals surface area contributed by atoms with Crippen molar-refractivity contribution < 1.29 is 4.74 Å². The second-order valence-corrected chi connectivity index (χ2v) is 6.84. The van der Waals surface area contributed by atoms with E-state index in [1.54, 1.807) is 27.3 Å². The highest BCUT2D eigenvalue weighted by Crippen LogP contribution is 2.21. The van der Waals surface area contributed by atoms with Crippen LogP contribution in [0.5, 0.6) is 0 Å². The van der Waals surface area contributed by atoms with Gasteiger partial charge in [-0.15, -0.1) is 0 Å². The van der Waals surface area contributed by atoms with Gasteiger partial charge in [0.25, 0.3) is 5.56 Å². The van der Waals surface area contributed by atoms with E-state index in [-0.39, 0.29) is 17.6 Å². The van der Waals surface area contributed by atoms with Crippen LogP contribution in [0.4, 0.5) is 5.82 Å². The van der Waals surface area contributed by atoms with Gasteiger partial charge in [-0.25, -0.2) is 4.68 Å². The number of ether oxygens (including phenoxy) is 1. The van der Waals surface area contributed by atoms with Gasteiger partial charge in [-0.1, -0.05) is 30.9 Å². The summed E-state index contributed by atoms with van der Waals surface area (Å²) >= 11 is 0. The van der Waals surface area contributed by atoms with Gasteiger partial charge in [-0.2, -0.15) is 5.10 Å². The number of benzene rings is 1. The topological polar surface area (TPSA) is 71.7 Å². The Labute approximate surface area is 166 Å². The quantitative estimate of drug-likeness (QED) is 0.452. The van der Waals surface area contributed by atoms with Crippen molar-refractivity contribution in [3.05, 3.63) is 58.9 Å². The minimum atomic E-state index is -0.115. The fraction of sp³-hybridized carbons (Fsp3) is 0.381. The predicted molar refractivity (Wildman–Crippen MR) is 116 cm³/mol. The number of hydrogen-bond acceptors (Lipinski definition) is 6. The van der Waals surface area contributed by atoms with E-state index in [0.717, 1.165) is 11.0 Å². The SMILES string of the molecule is C=C(/C=C\C(=NC)OC)[C@@H]([C@H](C)Nc1nn(C)c(=O)c2ccccc12)N(C)C. The summed E-state index contributed by atoms with van der Waals surface area (Å²) in [5.74, 6) is 1.20. The molecule has 1 N–H and O–H groups in total. The summed E-state index contributed by atoms with van der Waals surface area (Å²) in [6, 6.07) is 7.45. The zero-order valence-corrected chi connectivity index (χ0v) is 17.4. The zero-order chi connectivity index (χ0) is 20.8. The molecule has 150 valence electrons. The molecule has 0 fully saturated rings. The number of aliphatic imine (C=N–C) groups is 1. The first-order valence-corrected chi connectivity index (χ1v) is 9.06. The predicted octanol–water partition coefficient (Wildman–Crippen LogP) is 2.45. The molecule has 0 aliphatic carbocycles. The van der Waals surface area contributed by atoms with E-state index in [4.69, 9.17) is 4.74 Å². The minimum absolute atomic E-state index is 0.0102. The summed E-state index contributed by atoms with van der Waals surface area (Å²) in [5.41, 5.74) is 0.786. The number of nitrogens with zero attached hydrogens (tertiary/aromatic N) is 4. The molecule has 1 heterocycles. The normalized spacial score (nSPS) is 14.5. The van der Waals surface area contributed by atoms with Gasteiger partial charge in [0.05, 0.1) is 18.5 Å². The van der Waals surface area contributed by atoms with Crippen molar-refractivity contribution in [2.24, 2.45) is 12.0 Å². The summed E-state index contributed by atoms with van der Waals surface area (Å²) < 4.78 is 6.53. The third-order valence-electron chi connectivity index (χ3n) is 4.60. The summed E-state index contributed by atoms with van der Waals surface area (Å²) in [6.45, 7) is 6.28. The molecule has 28 heavy (non-hydrogen) atoms. The van der Waals surface area contributed by atoms with Gasteiger partial charge in [-0.3, -0.25) is 9.79 Å². The highest BCUT2D eigenvalue weighted by molar-refractivity contribution is 5.91. The molecular formula is C21H29N5O2. The molecule has 7 nitrogen and oxygen atoms in total.